The summed E-state index contributed by atoms with van der Waals surface area (Å²) in [5.41, 5.74) is 3.72. The highest BCUT2D eigenvalue weighted by Crippen LogP contribution is 2.33. The van der Waals surface area contributed by atoms with Crippen molar-refractivity contribution >= 4 is 11.0 Å². The fraction of sp³-hybridized carbons (Fsp3) is 0.435. The van der Waals surface area contributed by atoms with Crippen LogP contribution in [0.4, 0.5) is 0 Å². The number of fused-ring (bicyclic) bond motifs is 2. The highest BCUT2D eigenvalue weighted by Gasteiger charge is 2.38. The number of imidazole rings is 1. The number of aromatic nitrogens is 2. The zero-order chi connectivity index (χ0) is 18.2. The van der Waals surface area contributed by atoms with Crippen LogP contribution in [0.1, 0.15) is 43.1 Å². The van der Waals surface area contributed by atoms with E-state index >= 15 is 0 Å². The first-order valence-electron chi connectivity index (χ1n) is 10.2. The van der Waals surface area contributed by atoms with Crippen LogP contribution in [0.3, 0.4) is 0 Å². The molecule has 0 bridgehead atoms. The normalized spacial score (nSPS) is 26.2. The van der Waals surface area contributed by atoms with Crippen LogP contribution < -0.4 is 5.32 Å². The molecule has 0 radical (unpaired) electrons. The first-order valence-corrected chi connectivity index (χ1v) is 10.2. The molecule has 1 aliphatic carbocycles. The zero-order valence-electron chi connectivity index (χ0n) is 16.0. The second-order valence-electron chi connectivity index (χ2n) is 8.11. The quantitative estimate of drug-likeness (QED) is 0.765. The molecular formula is C23H28N4. The van der Waals surface area contributed by atoms with Gasteiger partial charge >= 0.3 is 0 Å². The Kier molecular flexibility index (Phi) is 4.46. The van der Waals surface area contributed by atoms with Gasteiger partial charge in [0.2, 0.25) is 0 Å². The SMILES string of the molecule is Cn1c([C@@H]2CN(Cc3ccccc3)[C@H]3CCCC[C@@H]3N2)nc2ccccc21. The number of nitrogens with zero attached hydrogens (tertiary/aromatic N) is 3. The fourth-order valence-electron chi connectivity index (χ4n) is 5.06. The Morgan fingerprint density at radius 1 is 1.00 bits per heavy atom. The van der Waals surface area contributed by atoms with Crippen molar-refractivity contribution in [3.63, 3.8) is 0 Å². The van der Waals surface area contributed by atoms with Gasteiger partial charge in [0.1, 0.15) is 5.82 Å². The van der Waals surface area contributed by atoms with Gasteiger partial charge in [-0.15, -0.1) is 0 Å². The molecule has 140 valence electrons. The summed E-state index contributed by atoms with van der Waals surface area (Å²) in [7, 11) is 2.15. The molecule has 2 heterocycles. The predicted octanol–water partition coefficient (Wildman–Crippen LogP) is 4.03. The van der Waals surface area contributed by atoms with E-state index in [4.69, 9.17) is 4.98 Å². The molecule has 27 heavy (non-hydrogen) atoms. The van der Waals surface area contributed by atoms with Gasteiger partial charge in [-0.05, 0) is 30.5 Å². The van der Waals surface area contributed by atoms with Gasteiger partial charge < -0.3 is 9.88 Å². The molecule has 2 aliphatic rings. The lowest BCUT2D eigenvalue weighted by molar-refractivity contribution is 0.0526. The third kappa shape index (κ3) is 3.17. The van der Waals surface area contributed by atoms with Gasteiger partial charge in [-0.3, -0.25) is 4.90 Å². The molecule has 1 N–H and O–H groups in total. The number of benzene rings is 2. The zero-order valence-corrected chi connectivity index (χ0v) is 16.0. The van der Waals surface area contributed by atoms with Crippen LogP contribution in [0.25, 0.3) is 11.0 Å². The van der Waals surface area contributed by atoms with Crippen LogP contribution in [-0.4, -0.2) is 33.1 Å². The molecule has 0 unspecified atom stereocenters. The Hall–Kier alpha value is -2.17. The number of piperazine rings is 1. The molecule has 1 saturated heterocycles. The molecule has 1 aromatic heterocycles. The molecule has 1 saturated carbocycles. The van der Waals surface area contributed by atoms with Crippen LogP contribution in [0.5, 0.6) is 0 Å². The number of nitrogens with one attached hydrogen (secondary N) is 1. The van der Waals surface area contributed by atoms with Crippen LogP contribution in [0, 0.1) is 0 Å². The number of hydrogen-bond donors (Lipinski definition) is 1. The fourth-order valence-corrected chi connectivity index (χ4v) is 5.06. The van der Waals surface area contributed by atoms with Crippen molar-refractivity contribution in [1.82, 2.24) is 19.8 Å². The first-order chi connectivity index (χ1) is 13.3. The van der Waals surface area contributed by atoms with Crippen molar-refractivity contribution in [2.75, 3.05) is 6.54 Å². The molecule has 4 nitrogen and oxygen atoms in total. The molecule has 4 heteroatoms. The molecule has 3 atom stereocenters. The summed E-state index contributed by atoms with van der Waals surface area (Å²) < 4.78 is 2.27. The van der Waals surface area contributed by atoms with Gasteiger partial charge in [0.05, 0.1) is 17.1 Å². The summed E-state index contributed by atoms with van der Waals surface area (Å²) >= 11 is 0. The monoisotopic (exact) mass is 360 g/mol. The van der Waals surface area contributed by atoms with E-state index in [-0.39, 0.29) is 6.04 Å². The van der Waals surface area contributed by atoms with E-state index in [9.17, 15) is 0 Å². The van der Waals surface area contributed by atoms with Crippen molar-refractivity contribution in [2.24, 2.45) is 7.05 Å². The molecular weight excluding hydrogens is 332 g/mol. The van der Waals surface area contributed by atoms with E-state index < -0.39 is 0 Å². The van der Waals surface area contributed by atoms with Crippen LogP contribution in [0.2, 0.25) is 0 Å². The van der Waals surface area contributed by atoms with Crippen LogP contribution in [-0.2, 0) is 13.6 Å². The number of hydrogen-bond acceptors (Lipinski definition) is 3. The molecule has 5 rings (SSSR count). The van der Waals surface area contributed by atoms with E-state index in [1.807, 2.05) is 0 Å². The maximum absolute atomic E-state index is 4.99. The lowest BCUT2D eigenvalue weighted by atomic mass is 9.86. The van der Waals surface area contributed by atoms with Crippen molar-refractivity contribution < 1.29 is 0 Å². The minimum absolute atomic E-state index is 0.283. The topological polar surface area (TPSA) is 33.1 Å². The average molecular weight is 361 g/mol. The van der Waals surface area contributed by atoms with Gasteiger partial charge in [0, 0.05) is 32.2 Å². The maximum atomic E-state index is 4.99. The van der Waals surface area contributed by atoms with Crippen molar-refractivity contribution in [3.8, 4) is 0 Å². The van der Waals surface area contributed by atoms with E-state index in [0.29, 0.717) is 12.1 Å². The van der Waals surface area contributed by atoms with E-state index in [0.717, 1.165) is 18.6 Å². The van der Waals surface area contributed by atoms with Crippen LogP contribution in [0.15, 0.2) is 54.6 Å². The number of rotatable bonds is 3. The van der Waals surface area contributed by atoms with Gasteiger partial charge in [0.15, 0.2) is 0 Å². The Morgan fingerprint density at radius 3 is 2.63 bits per heavy atom. The van der Waals surface area contributed by atoms with Crippen molar-refractivity contribution in [2.45, 2.75) is 50.4 Å². The molecule has 3 aromatic rings. The van der Waals surface area contributed by atoms with Gasteiger partial charge in [-0.1, -0.05) is 55.3 Å². The number of aryl methyl sites for hydroxylation is 1. The van der Waals surface area contributed by atoms with E-state index in [1.165, 1.54) is 42.6 Å². The smallest absolute Gasteiger partial charge is 0.128 e. The molecule has 2 fully saturated rings. The lowest BCUT2D eigenvalue weighted by Crippen LogP contribution is -2.60. The van der Waals surface area contributed by atoms with Gasteiger partial charge in [-0.25, -0.2) is 4.98 Å². The highest BCUT2D eigenvalue weighted by atomic mass is 15.3. The second kappa shape index (κ2) is 7.10. The number of para-hydroxylation sites is 2. The highest BCUT2D eigenvalue weighted by molar-refractivity contribution is 5.75. The third-order valence-corrected chi connectivity index (χ3v) is 6.39. The average Bonchev–Trinajstić information content (AvgIpc) is 3.06. The lowest BCUT2D eigenvalue weighted by Gasteiger charge is -2.47. The summed E-state index contributed by atoms with van der Waals surface area (Å²) in [5.74, 6) is 1.17. The van der Waals surface area contributed by atoms with Crippen molar-refractivity contribution in [3.05, 3.63) is 66.0 Å². The largest absolute Gasteiger partial charge is 0.330 e. The standard InChI is InChI=1S/C23H28N4/c1-26-21-13-7-5-11-18(21)25-23(26)20-16-27(15-17-9-3-2-4-10-17)22-14-8-6-12-19(22)24-20/h2-5,7,9-11,13,19-20,22,24H,6,8,12,14-16H2,1H3/t19-,20-,22-/m0/s1. The first kappa shape index (κ1) is 17.0. The Labute approximate surface area is 161 Å². The summed E-state index contributed by atoms with van der Waals surface area (Å²) in [6.07, 6.45) is 5.27. The molecule has 2 aromatic carbocycles. The summed E-state index contributed by atoms with van der Waals surface area (Å²) in [6, 6.07) is 20.9. The minimum Gasteiger partial charge on any atom is -0.330 e. The Balaban J connectivity index is 1.47. The third-order valence-electron chi connectivity index (χ3n) is 6.39. The predicted molar refractivity (Wildman–Crippen MR) is 109 cm³/mol. The summed E-state index contributed by atoms with van der Waals surface area (Å²) in [5, 5.41) is 3.96. The Morgan fingerprint density at radius 2 is 1.78 bits per heavy atom. The van der Waals surface area contributed by atoms with Gasteiger partial charge in [0.25, 0.3) is 0 Å². The minimum atomic E-state index is 0.283. The van der Waals surface area contributed by atoms with Crippen molar-refractivity contribution in [1.29, 1.82) is 0 Å². The summed E-state index contributed by atoms with van der Waals surface area (Å²) in [4.78, 5) is 7.70. The Bertz CT molecular complexity index is 917. The maximum Gasteiger partial charge on any atom is 0.128 e. The molecule has 0 amide bonds. The summed E-state index contributed by atoms with van der Waals surface area (Å²) in [6.45, 7) is 2.05. The van der Waals surface area contributed by atoms with Crippen LogP contribution >= 0.6 is 0 Å². The molecule has 1 aliphatic heterocycles. The molecule has 0 spiro atoms. The second-order valence-corrected chi connectivity index (χ2v) is 8.11. The van der Waals surface area contributed by atoms with E-state index in [1.54, 1.807) is 0 Å². The van der Waals surface area contributed by atoms with E-state index in [2.05, 4.69) is 76.4 Å². The van der Waals surface area contributed by atoms with Gasteiger partial charge in [-0.2, -0.15) is 0 Å².